The molecule has 3 heterocycles. The van der Waals surface area contributed by atoms with Gasteiger partial charge in [0.15, 0.2) is 23.0 Å². The van der Waals surface area contributed by atoms with Gasteiger partial charge in [0.25, 0.3) is 0 Å². The van der Waals surface area contributed by atoms with Crippen LogP contribution in [0.1, 0.15) is 11.1 Å². The van der Waals surface area contributed by atoms with Crippen molar-refractivity contribution < 1.29 is 13.5 Å². The van der Waals surface area contributed by atoms with Crippen LogP contribution in [0, 0.1) is 18.6 Å². The van der Waals surface area contributed by atoms with Gasteiger partial charge in [-0.15, -0.1) is 0 Å². The summed E-state index contributed by atoms with van der Waals surface area (Å²) in [5.74, 6) is -1.68. The molecule has 0 atom stereocenters. The topological polar surface area (TPSA) is 69.3 Å². The molecule has 0 aliphatic rings. The van der Waals surface area contributed by atoms with E-state index in [1.807, 2.05) is 35.9 Å². The number of hydrogen-bond donors (Lipinski definition) is 1. The van der Waals surface area contributed by atoms with Gasteiger partial charge in [-0.25, -0.2) is 19.3 Å². The second kappa shape index (κ2) is 8.34. The highest BCUT2D eigenvalue weighted by molar-refractivity contribution is 5.74. The van der Waals surface area contributed by atoms with E-state index in [9.17, 15) is 8.78 Å². The fourth-order valence-corrected chi connectivity index (χ4v) is 3.76. The average Bonchev–Trinajstić information content (AvgIpc) is 3.48. The van der Waals surface area contributed by atoms with Crippen LogP contribution < -0.4 is 10.1 Å². The van der Waals surface area contributed by atoms with Crippen LogP contribution in [-0.2, 0) is 6.54 Å². The average molecular weight is 446 g/mol. The van der Waals surface area contributed by atoms with E-state index in [1.165, 1.54) is 31.0 Å². The lowest BCUT2D eigenvalue weighted by atomic mass is 10.1. The third-order valence-corrected chi connectivity index (χ3v) is 5.49. The summed E-state index contributed by atoms with van der Waals surface area (Å²) >= 11 is 0. The maximum absolute atomic E-state index is 14.7. The molecule has 0 bridgehead atoms. The molecule has 0 unspecified atom stereocenters. The molecule has 5 aromatic rings. The first-order chi connectivity index (χ1) is 16.0. The third-order valence-electron chi connectivity index (χ3n) is 5.49. The van der Waals surface area contributed by atoms with Gasteiger partial charge >= 0.3 is 0 Å². The number of aryl methyl sites for hydroxylation is 1. The van der Waals surface area contributed by atoms with Crippen molar-refractivity contribution in [3.05, 3.63) is 90.4 Å². The molecular weight excluding hydrogens is 426 g/mol. The number of aromatic nitrogens is 5. The molecule has 0 spiro atoms. The molecule has 0 aliphatic heterocycles. The Kier molecular flexibility index (Phi) is 5.21. The normalized spacial score (nSPS) is 11.2. The van der Waals surface area contributed by atoms with Crippen LogP contribution in [0.4, 0.5) is 20.3 Å². The van der Waals surface area contributed by atoms with E-state index in [0.717, 1.165) is 17.8 Å². The predicted octanol–water partition coefficient (Wildman–Crippen LogP) is 4.98. The van der Waals surface area contributed by atoms with Gasteiger partial charge in [0.05, 0.1) is 25.3 Å². The van der Waals surface area contributed by atoms with Gasteiger partial charge in [-0.3, -0.25) is 4.40 Å². The van der Waals surface area contributed by atoms with Crippen LogP contribution >= 0.6 is 0 Å². The molecule has 5 rings (SSSR count). The van der Waals surface area contributed by atoms with E-state index < -0.39 is 11.6 Å². The van der Waals surface area contributed by atoms with E-state index in [4.69, 9.17) is 4.74 Å². The number of hydrogen-bond acceptors (Lipinski definition) is 5. The number of benzene rings is 2. The minimum atomic E-state index is -1.04. The standard InChI is InChI=1S/C24H20F2N6O/c1-15-11-17(4-3-16(15)13-31-9-7-27-14-31)30-23-24-29-12-19(32(24)10-8-28-23)18-5-6-20(33-2)22(26)21(18)25/h3-12,14H,13H2,1-2H3,(H,28,30). The molecule has 0 fully saturated rings. The smallest absolute Gasteiger partial charge is 0.201 e. The highest BCUT2D eigenvalue weighted by Gasteiger charge is 2.19. The molecule has 3 aromatic heterocycles. The van der Waals surface area contributed by atoms with Crippen molar-refractivity contribution in [1.29, 1.82) is 0 Å². The third kappa shape index (κ3) is 3.78. The Hall–Kier alpha value is -4.27. The molecule has 1 N–H and O–H groups in total. The van der Waals surface area contributed by atoms with Crippen molar-refractivity contribution in [2.45, 2.75) is 13.5 Å². The summed E-state index contributed by atoms with van der Waals surface area (Å²) in [5.41, 5.74) is 4.10. The molecule has 0 radical (unpaired) electrons. The first-order valence-corrected chi connectivity index (χ1v) is 10.2. The number of methoxy groups -OCH3 is 1. The second-order valence-corrected chi connectivity index (χ2v) is 7.56. The van der Waals surface area contributed by atoms with Gasteiger partial charge in [0.2, 0.25) is 5.82 Å². The minimum absolute atomic E-state index is 0.0812. The Labute approximate surface area is 188 Å². The number of nitrogens with one attached hydrogen (secondary N) is 1. The van der Waals surface area contributed by atoms with Crippen LogP contribution in [0.25, 0.3) is 16.9 Å². The molecule has 0 aliphatic carbocycles. The van der Waals surface area contributed by atoms with Gasteiger partial charge < -0.3 is 14.6 Å². The maximum atomic E-state index is 14.7. The molecule has 9 heteroatoms. The minimum Gasteiger partial charge on any atom is -0.494 e. The van der Waals surface area contributed by atoms with E-state index in [-0.39, 0.29) is 11.3 Å². The highest BCUT2D eigenvalue weighted by atomic mass is 19.2. The zero-order chi connectivity index (χ0) is 22.9. The maximum Gasteiger partial charge on any atom is 0.201 e. The van der Waals surface area contributed by atoms with Gasteiger partial charge in [-0.1, -0.05) is 6.07 Å². The quantitative estimate of drug-likeness (QED) is 0.398. The molecule has 33 heavy (non-hydrogen) atoms. The summed E-state index contributed by atoms with van der Waals surface area (Å²) < 4.78 is 37.5. The molecule has 0 saturated heterocycles. The fraction of sp³-hybridized carbons (Fsp3) is 0.125. The van der Waals surface area contributed by atoms with Crippen molar-refractivity contribution in [3.8, 4) is 17.0 Å². The van der Waals surface area contributed by atoms with Crippen LogP contribution in [-0.4, -0.2) is 31.0 Å². The summed E-state index contributed by atoms with van der Waals surface area (Å²) in [6, 6.07) is 8.90. The summed E-state index contributed by atoms with van der Waals surface area (Å²) in [6.45, 7) is 2.77. The van der Waals surface area contributed by atoms with E-state index >= 15 is 0 Å². The van der Waals surface area contributed by atoms with Gasteiger partial charge in [0, 0.05) is 42.6 Å². The zero-order valence-corrected chi connectivity index (χ0v) is 18.0. The lowest BCUT2D eigenvalue weighted by Gasteiger charge is -2.12. The first-order valence-electron chi connectivity index (χ1n) is 10.2. The number of imidazole rings is 2. The number of anilines is 2. The number of nitrogens with zero attached hydrogens (tertiary/aromatic N) is 5. The van der Waals surface area contributed by atoms with Crippen molar-refractivity contribution in [3.63, 3.8) is 0 Å². The largest absolute Gasteiger partial charge is 0.494 e. The number of ether oxygens (including phenoxy) is 1. The fourth-order valence-electron chi connectivity index (χ4n) is 3.76. The number of rotatable bonds is 6. The van der Waals surface area contributed by atoms with Gasteiger partial charge in [-0.2, -0.15) is 4.39 Å². The van der Waals surface area contributed by atoms with Gasteiger partial charge in [0.1, 0.15) is 0 Å². The molecule has 7 nitrogen and oxygen atoms in total. The van der Waals surface area contributed by atoms with Crippen molar-refractivity contribution >= 4 is 17.2 Å². The zero-order valence-electron chi connectivity index (χ0n) is 18.0. The molecular formula is C24H20F2N6O. The lowest BCUT2D eigenvalue weighted by Crippen LogP contribution is -2.02. The van der Waals surface area contributed by atoms with Crippen LogP contribution in [0.3, 0.4) is 0 Å². The van der Waals surface area contributed by atoms with Crippen molar-refractivity contribution in [2.24, 2.45) is 0 Å². The Bertz CT molecular complexity index is 1450. The summed E-state index contributed by atoms with van der Waals surface area (Å²) in [4.78, 5) is 12.9. The molecule has 166 valence electrons. The molecule has 0 amide bonds. The van der Waals surface area contributed by atoms with Crippen LogP contribution in [0.15, 0.2) is 67.6 Å². The summed E-state index contributed by atoms with van der Waals surface area (Å²) in [6.07, 6.45) is 10.2. The predicted molar refractivity (Wildman–Crippen MR) is 121 cm³/mol. The highest BCUT2D eigenvalue weighted by Crippen LogP contribution is 2.31. The summed E-state index contributed by atoms with van der Waals surface area (Å²) in [7, 11) is 1.29. The second-order valence-electron chi connectivity index (χ2n) is 7.56. The first kappa shape index (κ1) is 20.6. The van der Waals surface area contributed by atoms with Crippen LogP contribution in [0.5, 0.6) is 5.75 Å². The monoisotopic (exact) mass is 446 g/mol. The van der Waals surface area contributed by atoms with Gasteiger partial charge in [-0.05, 0) is 42.3 Å². The SMILES string of the molecule is COc1ccc(-c2cnc3c(Nc4ccc(Cn5ccnc5)c(C)c4)nccn23)c(F)c1F. The van der Waals surface area contributed by atoms with Crippen molar-refractivity contribution in [2.75, 3.05) is 12.4 Å². The van der Waals surface area contributed by atoms with E-state index in [1.54, 1.807) is 29.3 Å². The summed E-state index contributed by atoms with van der Waals surface area (Å²) in [5, 5.41) is 3.28. The Morgan fingerprint density at radius 2 is 1.91 bits per heavy atom. The Balaban J connectivity index is 1.47. The Morgan fingerprint density at radius 3 is 2.67 bits per heavy atom. The van der Waals surface area contributed by atoms with Crippen LogP contribution in [0.2, 0.25) is 0 Å². The van der Waals surface area contributed by atoms with E-state index in [2.05, 4.69) is 20.3 Å². The number of fused-ring (bicyclic) bond motifs is 1. The van der Waals surface area contributed by atoms with E-state index in [0.29, 0.717) is 17.2 Å². The Morgan fingerprint density at radius 1 is 1.03 bits per heavy atom. The van der Waals surface area contributed by atoms with Crippen molar-refractivity contribution in [1.82, 2.24) is 23.9 Å². The molecule has 0 saturated carbocycles. The molecule has 2 aromatic carbocycles. The number of halogens is 2. The lowest BCUT2D eigenvalue weighted by molar-refractivity contribution is 0.372.